The maximum absolute atomic E-state index is 11.4. The van der Waals surface area contributed by atoms with Gasteiger partial charge in [-0.25, -0.2) is 22.0 Å². The molecule has 1 aromatic carbocycles. The molecule has 0 aliphatic carbocycles. The van der Waals surface area contributed by atoms with E-state index in [1.54, 1.807) is 19.1 Å². The van der Waals surface area contributed by atoms with E-state index in [2.05, 4.69) is 0 Å². The minimum atomic E-state index is -3.73. The summed E-state index contributed by atoms with van der Waals surface area (Å²) >= 11 is 0. The number of nitrogens with two attached hydrogens (primary N) is 1. The Morgan fingerprint density at radius 3 is 1.89 bits per heavy atom. The van der Waals surface area contributed by atoms with Crippen molar-refractivity contribution in [3.63, 3.8) is 0 Å². The van der Waals surface area contributed by atoms with Crippen LogP contribution >= 0.6 is 0 Å². The highest BCUT2D eigenvalue weighted by molar-refractivity contribution is 7.89. The normalized spacial score (nSPS) is 14.7. The molecule has 0 radical (unpaired) electrons. The fourth-order valence-electron chi connectivity index (χ4n) is 1.43. The topological polar surface area (TPSA) is 97.5 Å². The maximum Gasteiger partial charge on any atom is 0.238 e. The van der Waals surface area contributed by atoms with E-state index in [9.17, 15) is 16.8 Å². The van der Waals surface area contributed by atoms with Crippen LogP contribution in [0.15, 0.2) is 29.2 Å². The molecule has 2 N–H and O–H groups in total. The van der Waals surface area contributed by atoms with Gasteiger partial charge in [0.25, 0.3) is 0 Å². The smallest absolute Gasteiger partial charge is 0.225 e. The van der Waals surface area contributed by atoms with Gasteiger partial charge in [0.05, 0.1) is 11.2 Å². The predicted octanol–water partition coefficient (Wildman–Crippen LogP) is 0.286. The first-order chi connectivity index (χ1) is 8.03. The molecule has 1 aromatic rings. The van der Waals surface area contributed by atoms with Crippen molar-refractivity contribution in [3.05, 3.63) is 29.8 Å². The molecule has 0 heterocycles. The van der Waals surface area contributed by atoms with Gasteiger partial charge < -0.3 is 0 Å². The van der Waals surface area contributed by atoms with Gasteiger partial charge in [-0.05, 0) is 24.6 Å². The van der Waals surface area contributed by atoms with Crippen molar-refractivity contribution in [3.8, 4) is 0 Å². The Morgan fingerprint density at radius 2 is 1.56 bits per heavy atom. The molecular formula is C10H16N2O4S2. The largest absolute Gasteiger partial charge is 0.238 e. The number of benzene rings is 1. The second-order valence-corrected chi connectivity index (χ2v) is 7.67. The molecule has 1 rings (SSSR count). The zero-order chi connectivity index (χ0) is 14.1. The van der Waals surface area contributed by atoms with E-state index < -0.39 is 20.0 Å². The molecule has 102 valence electrons. The first kappa shape index (κ1) is 15.1. The first-order valence-corrected chi connectivity index (χ1v) is 8.48. The van der Waals surface area contributed by atoms with Crippen molar-refractivity contribution >= 4 is 20.0 Å². The highest BCUT2D eigenvalue weighted by Gasteiger charge is 2.20. The van der Waals surface area contributed by atoms with E-state index in [-0.39, 0.29) is 10.9 Å². The summed E-state index contributed by atoms with van der Waals surface area (Å²) in [5, 5.41) is 4.98. The average molecular weight is 292 g/mol. The van der Waals surface area contributed by atoms with Gasteiger partial charge in [-0.2, -0.15) is 4.31 Å². The number of hydrogen-bond acceptors (Lipinski definition) is 4. The van der Waals surface area contributed by atoms with Gasteiger partial charge in [-0.1, -0.05) is 12.1 Å². The van der Waals surface area contributed by atoms with Gasteiger partial charge in [-0.15, -0.1) is 0 Å². The fraction of sp³-hybridized carbons (Fsp3) is 0.400. The van der Waals surface area contributed by atoms with Gasteiger partial charge in [0.1, 0.15) is 0 Å². The Morgan fingerprint density at radius 1 is 1.11 bits per heavy atom. The summed E-state index contributed by atoms with van der Waals surface area (Å²) < 4.78 is 46.1. The van der Waals surface area contributed by atoms with Crippen LogP contribution in [0.5, 0.6) is 0 Å². The Balaban J connectivity index is 3.07. The van der Waals surface area contributed by atoms with Crippen LogP contribution in [0.1, 0.15) is 18.5 Å². The van der Waals surface area contributed by atoms with Crippen molar-refractivity contribution in [2.24, 2.45) is 5.14 Å². The third-order valence-corrected chi connectivity index (χ3v) is 5.05. The van der Waals surface area contributed by atoms with Crippen molar-refractivity contribution in [1.29, 1.82) is 0 Å². The molecule has 0 spiro atoms. The molecule has 0 fully saturated rings. The standard InChI is InChI=1S/C10H16N2O4S2/c1-8(12(2)17(3,13)14)9-4-6-10(7-5-9)18(11,15)16/h4-8H,1-3H3,(H2,11,15,16)/t8-/m1/s1. The zero-order valence-electron chi connectivity index (χ0n) is 10.4. The van der Waals surface area contributed by atoms with Gasteiger partial charge >= 0.3 is 0 Å². The van der Waals surface area contributed by atoms with Gasteiger partial charge in [0, 0.05) is 13.1 Å². The number of hydrogen-bond donors (Lipinski definition) is 1. The van der Waals surface area contributed by atoms with Gasteiger partial charge in [0.2, 0.25) is 20.0 Å². The Hall–Kier alpha value is -0.960. The lowest BCUT2D eigenvalue weighted by Crippen LogP contribution is -2.28. The van der Waals surface area contributed by atoms with E-state index in [4.69, 9.17) is 5.14 Å². The van der Waals surface area contributed by atoms with Crippen molar-refractivity contribution in [2.75, 3.05) is 13.3 Å². The Kier molecular flexibility index (Phi) is 4.16. The van der Waals surface area contributed by atoms with Gasteiger partial charge in [0.15, 0.2) is 0 Å². The molecule has 18 heavy (non-hydrogen) atoms. The van der Waals surface area contributed by atoms with Crippen LogP contribution in [0.25, 0.3) is 0 Å². The average Bonchev–Trinajstić information content (AvgIpc) is 2.25. The molecular weight excluding hydrogens is 276 g/mol. The first-order valence-electron chi connectivity index (χ1n) is 5.09. The Bertz CT molecular complexity index is 620. The highest BCUT2D eigenvalue weighted by atomic mass is 32.2. The van der Waals surface area contributed by atoms with E-state index in [1.165, 1.54) is 23.5 Å². The lowest BCUT2D eigenvalue weighted by atomic mass is 10.1. The summed E-state index contributed by atoms with van der Waals surface area (Å²) in [6.07, 6.45) is 1.11. The third kappa shape index (κ3) is 3.52. The summed E-state index contributed by atoms with van der Waals surface area (Å²) in [7, 11) is -5.56. The van der Waals surface area contributed by atoms with E-state index in [0.29, 0.717) is 5.56 Å². The molecule has 0 unspecified atom stereocenters. The molecule has 0 bridgehead atoms. The lowest BCUT2D eigenvalue weighted by Gasteiger charge is -2.22. The molecule has 0 aromatic heterocycles. The molecule has 6 nitrogen and oxygen atoms in total. The number of rotatable bonds is 4. The van der Waals surface area contributed by atoms with Gasteiger partial charge in [-0.3, -0.25) is 0 Å². The SMILES string of the molecule is C[C@H](c1ccc(S(N)(=O)=O)cc1)N(C)S(C)(=O)=O. The lowest BCUT2D eigenvalue weighted by molar-refractivity contribution is 0.402. The third-order valence-electron chi connectivity index (χ3n) is 2.76. The van der Waals surface area contributed by atoms with Crippen LogP contribution in [-0.2, 0) is 20.0 Å². The minimum absolute atomic E-state index is 0.000425. The fourth-order valence-corrected chi connectivity index (χ4v) is 2.64. The summed E-state index contributed by atoms with van der Waals surface area (Å²) in [5.74, 6) is 0. The molecule has 0 saturated heterocycles. The van der Waals surface area contributed by atoms with Crippen molar-refractivity contribution < 1.29 is 16.8 Å². The zero-order valence-corrected chi connectivity index (χ0v) is 12.0. The molecule has 0 aliphatic rings. The van der Waals surface area contributed by atoms with Crippen LogP contribution in [-0.4, -0.2) is 34.4 Å². The number of nitrogens with zero attached hydrogens (tertiary/aromatic N) is 1. The van der Waals surface area contributed by atoms with Crippen LogP contribution in [0.3, 0.4) is 0 Å². The molecule has 8 heteroatoms. The summed E-state index contributed by atoms with van der Waals surface area (Å²) in [5.41, 5.74) is 0.690. The molecule has 0 aliphatic heterocycles. The van der Waals surface area contributed by atoms with Crippen LogP contribution in [0.2, 0.25) is 0 Å². The Labute approximate surface area is 108 Å². The monoisotopic (exact) mass is 292 g/mol. The van der Waals surface area contributed by atoms with Crippen molar-refractivity contribution in [2.45, 2.75) is 17.9 Å². The number of primary sulfonamides is 1. The van der Waals surface area contributed by atoms with Crippen LogP contribution in [0.4, 0.5) is 0 Å². The molecule has 0 saturated carbocycles. The highest BCUT2D eigenvalue weighted by Crippen LogP contribution is 2.22. The second-order valence-electron chi connectivity index (χ2n) is 4.07. The van der Waals surface area contributed by atoms with Crippen molar-refractivity contribution in [1.82, 2.24) is 4.31 Å². The maximum atomic E-state index is 11.4. The number of sulfonamides is 2. The second kappa shape index (κ2) is 4.96. The summed E-state index contributed by atoms with van der Waals surface area (Å²) in [6, 6.07) is 5.43. The quantitative estimate of drug-likeness (QED) is 0.862. The molecule has 1 atom stereocenters. The predicted molar refractivity (Wildman–Crippen MR) is 68.8 cm³/mol. The van der Waals surface area contributed by atoms with E-state index >= 15 is 0 Å². The van der Waals surface area contributed by atoms with Crippen LogP contribution in [0, 0.1) is 0 Å². The van der Waals surface area contributed by atoms with Crippen LogP contribution < -0.4 is 5.14 Å². The summed E-state index contributed by atoms with van der Waals surface area (Å²) in [4.78, 5) is 0.000425. The van der Waals surface area contributed by atoms with E-state index in [0.717, 1.165) is 6.26 Å². The summed E-state index contributed by atoms with van der Waals surface area (Å²) in [6.45, 7) is 1.72. The van der Waals surface area contributed by atoms with E-state index in [1.807, 2.05) is 0 Å². The minimum Gasteiger partial charge on any atom is -0.225 e. The molecule has 0 amide bonds.